The molecule has 6 aromatic carbocycles. The van der Waals surface area contributed by atoms with Gasteiger partial charge in [0.25, 0.3) is 0 Å². The maximum atomic E-state index is 7.38. The number of aliphatic imine (C=N–C) groups is 1. The second-order valence-electron chi connectivity index (χ2n) is 8.91. The Labute approximate surface area is 222 Å². The zero-order valence-electron chi connectivity index (χ0n) is 19.7. The molecular weight excluding hydrogens is 597 g/mol. The van der Waals surface area contributed by atoms with Gasteiger partial charge in [-0.25, -0.2) is 0 Å². The fraction of sp³-hybridized carbons (Fsp3) is 0.0312. The summed E-state index contributed by atoms with van der Waals surface area (Å²) in [5.74, 6) is 0. The molecule has 0 aromatic heterocycles. The van der Waals surface area contributed by atoms with Crippen molar-refractivity contribution in [3.8, 4) is 0 Å². The summed E-state index contributed by atoms with van der Waals surface area (Å²) < 4.78 is 2.00. The summed E-state index contributed by atoms with van der Waals surface area (Å²) in [4.78, 5) is 5.00. The van der Waals surface area contributed by atoms with E-state index >= 15 is 0 Å². The Hall–Kier alpha value is -2.86. The molecule has 0 amide bonds. The fourth-order valence-electron chi connectivity index (χ4n) is 4.80. The van der Waals surface area contributed by atoms with E-state index in [1.165, 1.54) is 21.5 Å². The van der Waals surface area contributed by atoms with Crippen molar-refractivity contribution in [2.75, 3.05) is 0 Å². The minimum absolute atomic E-state index is 0.831. The van der Waals surface area contributed by atoms with Crippen LogP contribution in [0.5, 0.6) is 0 Å². The van der Waals surface area contributed by atoms with Crippen LogP contribution in [0, 0.1) is 6.92 Å². The quantitative estimate of drug-likeness (QED) is 0.107. The van der Waals surface area contributed by atoms with Crippen molar-refractivity contribution >= 4 is 85.3 Å². The van der Waals surface area contributed by atoms with Crippen molar-refractivity contribution in [3.05, 3.63) is 126 Å². The number of aryl methyl sites for hydroxylation is 1. The SMILES string of the molecule is Cc1ccc(N=Cc2cc3ccccc3c3ccccc23)c([Te](Cl)(Cl)c2cccc3ccccc23)c1. The van der Waals surface area contributed by atoms with Gasteiger partial charge in [-0.3, -0.25) is 0 Å². The number of halogens is 2. The van der Waals surface area contributed by atoms with Crippen LogP contribution < -0.4 is 7.22 Å². The van der Waals surface area contributed by atoms with E-state index < -0.39 is 15.9 Å². The molecule has 0 unspecified atom stereocenters. The van der Waals surface area contributed by atoms with Crippen molar-refractivity contribution in [3.63, 3.8) is 0 Å². The number of rotatable bonds is 4. The van der Waals surface area contributed by atoms with Crippen LogP contribution >= 0.6 is 17.9 Å². The minimum atomic E-state index is -3.77. The number of nitrogens with zero attached hydrogens (tertiary/aromatic N) is 1. The van der Waals surface area contributed by atoms with Crippen molar-refractivity contribution < 1.29 is 0 Å². The summed E-state index contributed by atoms with van der Waals surface area (Å²) in [6.45, 7) is 2.07. The Bertz CT molecular complexity index is 1780. The molecule has 176 valence electrons. The molecule has 0 spiro atoms. The van der Waals surface area contributed by atoms with Gasteiger partial charge in [0.2, 0.25) is 0 Å². The van der Waals surface area contributed by atoms with Crippen molar-refractivity contribution in [2.24, 2.45) is 4.99 Å². The van der Waals surface area contributed by atoms with Crippen LogP contribution in [0.4, 0.5) is 5.69 Å². The first-order valence-electron chi connectivity index (χ1n) is 11.8. The molecule has 0 saturated heterocycles. The Morgan fingerprint density at radius 2 is 1.22 bits per heavy atom. The van der Waals surface area contributed by atoms with Crippen LogP contribution in [0.1, 0.15) is 11.1 Å². The third-order valence-electron chi connectivity index (χ3n) is 6.56. The van der Waals surface area contributed by atoms with Crippen molar-refractivity contribution in [1.82, 2.24) is 0 Å². The van der Waals surface area contributed by atoms with Crippen molar-refractivity contribution in [1.29, 1.82) is 0 Å². The molecule has 0 radical (unpaired) electrons. The molecule has 6 aromatic rings. The molecule has 0 bridgehead atoms. The van der Waals surface area contributed by atoms with E-state index in [2.05, 4.69) is 97.9 Å². The van der Waals surface area contributed by atoms with Gasteiger partial charge in [-0.2, -0.15) is 0 Å². The van der Waals surface area contributed by atoms with Gasteiger partial charge in [0, 0.05) is 0 Å². The fourth-order valence-corrected chi connectivity index (χ4v) is 13.0. The average Bonchev–Trinajstić information content (AvgIpc) is 2.92. The zero-order valence-corrected chi connectivity index (χ0v) is 23.5. The monoisotopic (exact) mass is 621 g/mol. The molecule has 0 aliphatic heterocycles. The summed E-state index contributed by atoms with van der Waals surface area (Å²) in [6.07, 6.45) is 1.96. The van der Waals surface area contributed by atoms with Crippen molar-refractivity contribution in [2.45, 2.75) is 6.92 Å². The average molecular weight is 620 g/mol. The number of fused-ring (bicyclic) bond motifs is 4. The normalized spacial score (nSPS) is 12.6. The molecular formula is C32H23Cl2NTe. The van der Waals surface area contributed by atoms with Crippen LogP contribution in [0.3, 0.4) is 0 Å². The molecule has 0 atom stereocenters. The van der Waals surface area contributed by atoms with E-state index in [4.69, 9.17) is 22.9 Å². The van der Waals surface area contributed by atoms with Gasteiger partial charge in [-0.05, 0) is 0 Å². The van der Waals surface area contributed by atoms with E-state index in [1.54, 1.807) is 0 Å². The predicted molar refractivity (Wildman–Crippen MR) is 161 cm³/mol. The molecule has 4 heteroatoms. The van der Waals surface area contributed by atoms with Crippen LogP contribution in [0.25, 0.3) is 32.3 Å². The Kier molecular flexibility index (Phi) is 6.24. The molecule has 0 saturated carbocycles. The van der Waals surface area contributed by atoms with E-state index in [9.17, 15) is 0 Å². The van der Waals surface area contributed by atoms with Gasteiger partial charge in [0.05, 0.1) is 0 Å². The van der Waals surface area contributed by atoms with Crippen LogP contribution in [-0.2, 0) is 0 Å². The molecule has 0 heterocycles. The predicted octanol–water partition coefficient (Wildman–Crippen LogP) is 8.24. The van der Waals surface area contributed by atoms with Gasteiger partial charge < -0.3 is 0 Å². The van der Waals surface area contributed by atoms with E-state index in [0.717, 1.165) is 34.8 Å². The Balaban J connectivity index is 1.51. The third-order valence-corrected chi connectivity index (χ3v) is 16.1. The van der Waals surface area contributed by atoms with Gasteiger partial charge >= 0.3 is 224 Å². The molecule has 0 N–H and O–H groups in total. The summed E-state index contributed by atoms with van der Waals surface area (Å²) in [7, 11) is 14.8. The van der Waals surface area contributed by atoms with Crippen LogP contribution in [0.15, 0.2) is 120 Å². The Morgan fingerprint density at radius 3 is 2.03 bits per heavy atom. The van der Waals surface area contributed by atoms with Crippen LogP contribution in [-0.4, -0.2) is 22.2 Å². The van der Waals surface area contributed by atoms with Gasteiger partial charge in [-0.15, -0.1) is 0 Å². The first-order valence-corrected chi connectivity index (χ1v) is 20.0. The molecule has 6 rings (SSSR count). The number of hydrogen-bond acceptors (Lipinski definition) is 1. The molecule has 0 aliphatic carbocycles. The third kappa shape index (κ3) is 4.19. The second kappa shape index (κ2) is 9.55. The molecule has 0 aliphatic rings. The second-order valence-corrected chi connectivity index (χ2v) is 21.4. The summed E-state index contributed by atoms with van der Waals surface area (Å²) in [5, 5.41) is 7.09. The maximum absolute atomic E-state index is 7.38. The zero-order chi connectivity index (χ0) is 24.7. The number of benzene rings is 6. The first-order chi connectivity index (χ1) is 17.5. The van der Waals surface area contributed by atoms with Gasteiger partial charge in [0.1, 0.15) is 0 Å². The molecule has 1 nitrogen and oxygen atoms in total. The van der Waals surface area contributed by atoms with Gasteiger partial charge in [0.15, 0.2) is 0 Å². The standard InChI is InChI=1S/C32H23Cl2NTe/c1-22-17-18-30(32(19-22)36(33,34)31-16-8-11-23-9-2-5-14-28(23)31)35-21-25-20-24-10-3-4-12-26(24)29-15-7-6-13-27(25)29/h2-21H,1H3. The van der Waals surface area contributed by atoms with E-state index in [1.807, 2.05) is 30.5 Å². The molecule has 0 fully saturated rings. The summed E-state index contributed by atoms with van der Waals surface area (Å²) in [6, 6.07) is 39.9. The summed E-state index contributed by atoms with van der Waals surface area (Å²) >= 11 is -3.77. The topological polar surface area (TPSA) is 12.4 Å². The van der Waals surface area contributed by atoms with Gasteiger partial charge in [-0.1, -0.05) is 0 Å². The van der Waals surface area contributed by atoms with Crippen LogP contribution in [0.2, 0.25) is 0 Å². The first kappa shape index (κ1) is 23.5. The molecule has 36 heavy (non-hydrogen) atoms. The summed E-state index contributed by atoms with van der Waals surface area (Å²) in [5.41, 5.74) is 3.03. The Morgan fingerprint density at radius 1 is 0.583 bits per heavy atom. The number of hydrogen-bond donors (Lipinski definition) is 0. The van der Waals surface area contributed by atoms with E-state index in [0.29, 0.717) is 0 Å². The van der Waals surface area contributed by atoms with E-state index in [-0.39, 0.29) is 0 Å².